The molecule has 0 aromatic heterocycles. The van der Waals surface area contributed by atoms with Crippen molar-refractivity contribution in [3.63, 3.8) is 0 Å². The zero-order valence-corrected chi connectivity index (χ0v) is 13.7. The molecule has 0 fully saturated rings. The predicted molar refractivity (Wildman–Crippen MR) is 88.7 cm³/mol. The number of carbonyl (C=O) groups excluding carboxylic acids is 1. The second-order valence-electron chi connectivity index (χ2n) is 4.36. The molecule has 21 heavy (non-hydrogen) atoms. The number of carbonyl (C=O) groups is 2. The normalized spacial score (nSPS) is 11.9. The Morgan fingerprint density at radius 1 is 1.24 bits per heavy atom. The van der Waals surface area contributed by atoms with Crippen LogP contribution in [0, 0.1) is 0 Å². The number of hydrogen-bond acceptors (Lipinski definition) is 3. The van der Waals surface area contributed by atoms with Crippen LogP contribution in [0.25, 0.3) is 0 Å². The van der Waals surface area contributed by atoms with E-state index in [9.17, 15) is 9.59 Å². The Labute approximate surface area is 138 Å². The maximum atomic E-state index is 11.9. The standard InChI is InChI=1S/C14H17Cl2NO3S/c15-5-6-21-12(9-16)8-13(18)17-11-3-1-10(2-4-11)7-14(19)20/h1-4,12H,5-9H2,(H,17,18)(H,19,20). The number of halogens is 2. The van der Waals surface area contributed by atoms with Crippen LogP contribution in [0.4, 0.5) is 5.69 Å². The SMILES string of the molecule is O=C(O)Cc1ccc(NC(=O)CC(CCl)SCCCl)cc1. The second-order valence-corrected chi connectivity index (χ2v) is 6.45. The van der Waals surface area contributed by atoms with E-state index in [1.54, 1.807) is 36.0 Å². The fraction of sp³-hybridized carbons (Fsp3) is 0.429. The third-order valence-corrected chi connectivity index (χ3v) is 4.82. The third-order valence-electron chi connectivity index (χ3n) is 2.61. The highest BCUT2D eigenvalue weighted by molar-refractivity contribution is 8.00. The van der Waals surface area contributed by atoms with Gasteiger partial charge in [0.2, 0.25) is 5.91 Å². The summed E-state index contributed by atoms with van der Waals surface area (Å²) in [5.41, 5.74) is 1.33. The van der Waals surface area contributed by atoms with Crippen molar-refractivity contribution in [1.29, 1.82) is 0 Å². The molecule has 2 N–H and O–H groups in total. The Morgan fingerprint density at radius 2 is 1.90 bits per heavy atom. The van der Waals surface area contributed by atoms with Gasteiger partial charge in [-0.25, -0.2) is 0 Å². The molecule has 1 amide bonds. The summed E-state index contributed by atoms with van der Waals surface area (Å²) in [5, 5.41) is 11.5. The number of carboxylic acids is 1. The van der Waals surface area contributed by atoms with Crippen LogP contribution in [0.3, 0.4) is 0 Å². The van der Waals surface area contributed by atoms with Gasteiger partial charge in [0.15, 0.2) is 0 Å². The van der Waals surface area contributed by atoms with Crippen molar-refractivity contribution in [2.75, 3.05) is 22.8 Å². The topological polar surface area (TPSA) is 66.4 Å². The van der Waals surface area contributed by atoms with Gasteiger partial charge in [-0.3, -0.25) is 9.59 Å². The van der Waals surface area contributed by atoms with Crippen LogP contribution in [-0.2, 0) is 16.0 Å². The van der Waals surface area contributed by atoms with Crippen molar-refractivity contribution in [2.45, 2.75) is 18.1 Å². The van der Waals surface area contributed by atoms with E-state index in [2.05, 4.69) is 5.32 Å². The number of aliphatic carboxylic acids is 1. The summed E-state index contributed by atoms with van der Waals surface area (Å²) in [6, 6.07) is 6.76. The zero-order valence-electron chi connectivity index (χ0n) is 11.4. The molecule has 0 radical (unpaired) electrons. The average molecular weight is 350 g/mol. The van der Waals surface area contributed by atoms with Crippen LogP contribution in [0.1, 0.15) is 12.0 Å². The number of amides is 1. The van der Waals surface area contributed by atoms with Crippen molar-refractivity contribution in [2.24, 2.45) is 0 Å². The van der Waals surface area contributed by atoms with Gasteiger partial charge in [-0.05, 0) is 17.7 Å². The summed E-state index contributed by atoms with van der Waals surface area (Å²) in [4.78, 5) is 22.5. The Bertz CT molecular complexity index is 468. The smallest absolute Gasteiger partial charge is 0.307 e. The maximum absolute atomic E-state index is 11.9. The summed E-state index contributed by atoms with van der Waals surface area (Å²) in [5.74, 6) is 0.689. The van der Waals surface area contributed by atoms with Gasteiger partial charge in [-0.2, -0.15) is 11.8 Å². The molecule has 1 unspecified atom stereocenters. The first kappa shape index (κ1) is 18.1. The maximum Gasteiger partial charge on any atom is 0.307 e. The van der Waals surface area contributed by atoms with Crippen molar-refractivity contribution >= 4 is 52.5 Å². The number of thioether (sulfide) groups is 1. The van der Waals surface area contributed by atoms with Gasteiger partial charge in [0.1, 0.15) is 0 Å². The molecule has 116 valence electrons. The number of carboxylic acid groups (broad SMARTS) is 1. The van der Waals surface area contributed by atoms with Gasteiger partial charge in [-0.1, -0.05) is 12.1 Å². The minimum Gasteiger partial charge on any atom is -0.481 e. The van der Waals surface area contributed by atoms with E-state index in [0.717, 1.165) is 5.75 Å². The number of benzene rings is 1. The lowest BCUT2D eigenvalue weighted by molar-refractivity contribution is -0.136. The van der Waals surface area contributed by atoms with Crippen LogP contribution < -0.4 is 5.32 Å². The number of rotatable bonds is 9. The first-order chi connectivity index (χ1) is 10.0. The van der Waals surface area contributed by atoms with Gasteiger partial charge in [0, 0.05) is 34.9 Å². The fourth-order valence-electron chi connectivity index (χ4n) is 1.67. The van der Waals surface area contributed by atoms with Gasteiger partial charge >= 0.3 is 5.97 Å². The van der Waals surface area contributed by atoms with Crippen LogP contribution in [0.15, 0.2) is 24.3 Å². The highest BCUT2D eigenvalue weighted by Crippen LogP contribution is 2.18. The summed E-state index contributed by atoms with van der Waals surface area (Å²) in [6.07, 6.45) is 0.291. The lowest BCUT2D eigenvalue weighted by atomic mass is 10.1. The highest BCUT2D eigenvalue weighted by atomic mass is 35.5. The summed E-state index contributed by atoms with van der Waals surface area (Å²) in [7, 11) is 0. The Balaban J connectivity index is 2.48. The van der Waals surface area contributed by atoms with E-state index >= 15 is 0 Å². The van der Waals surface area contributed by atoms with Gasteiger partial charge in [0.25, 0.3) is 0 Å². The summed E-state index contributed by atoms with van der Waals surface area (Å²) in [6.45, 7) is 0. The number of hydrogen-bond donors (Lipinski definition) is 2. The molecule has 0 saturated heterocycles. The Hall–Kier alpha value is -0.910. The van der Waals surface area contributed by atoms with E-state index in [-0.39, 0.29) is 17.6 Å². The fourth-order valence-corrected chi connectivity index (χ4v) is 3.09. The molecule has 1 aromatic carbocycles. The lowest BCUT2D eigenvalue weighted by Gasteiger charge is -2.13. The molecular weight excluding hydrogens is 333 g/mol. The minimum absolute atomic E-state index is 0.0301. The number of anilines is 1. The molecule has 7 heteroatoms. The van der Waals surface area contributed by atoms with Crippen LogP contribution >= 0.6 is 35.0 Å². The van der Waals surface area contributed by atoms with Crippen molar-refractivity contribution in [1.82, 2.24) is 0 Å². The molecular formula is C14H17Cl2NO3S. The largest absolute Gasteiger partial charge is 0.481 e. The van der Waals surface area contributed by atoms with E-state index in [1.165, 1.54) is 0 Å². The molecule has 1 rings (SSSR count). The van der Waals surface area contributed by atoms with Crippen molar-refractivity contribution in [3.8, 4) is 0 Å². The summed E-state index contributed by atoms with van der Waals surface area (Å²) >= 11 is 13.0. The van der Waals surface area contributed by atoms with E-state index in [0.29, 0.717) is 29.4 Å². The van der Waals surface area contributed by atoms with Gasteiger partial charge in [0.05, 0.1) is 6.42 Å². The summed E-state index contributed by atoms with van der Waals surface area (Å²) < 4.78 is 0. The Morgan fingerprint density at radius 3 is 2.43 bits per heavy atom. The molecule has 0 aliphatic carbocycles. The van der Waals surface area contributed by atoms with Gasteiger partial charge < -0.3 is 10.4 Å². The van der Waals surface area contributed by atoms with E-state index < -0.39 is 5.97 Å². The third kappa shape index (κ3) is 7.60. The molecule has 0 aliphatic heterocycles. The van der Waals surface area contributed by atoms with Crippen molar-refractivity contribution < 1.29 is 14.7 Å². The van der Waals surface area contributed by atoms with Crippen LogP contribution in [0.5, 0.6) is 0 Å². The molecule has 1 aromatic rings. The molecule has 0 aliphatic rings. The second kappa shape index (κ2) is 9.92. The van der Waals surface area contributed by atoms with E-state index in [1.807, 2.05) is 0 Å². The van der Waals surface area contributed by atoms with Crippen LogP contribution in [0.2, 0.25) is 0 Å². The monoisotopic (exact) mass is 349 g/mol. The lowest BCUT2D eigenvalue weighted by Crippen LogP contribution is -2.19. The van der Waals surface area contributed by atoms with E-state index in [4.69, 9.17) is 28.3 Å². The number of nitrogens with one attached hydrogen (secondary N) is 1. The molecule has 0 spiro atoms. The molecule has 0 bridgehead atoms. The Kier molecular flexibility index (Phi) is 8.57. The average Bonchev–Trinajstić information content (AvgIpc) is 2.45. The molecule has 4 nitrogen and oxygen atoms in total. The molecule has 1 atom stereocenters. The predicted octanol–water partition coefficient (Wildman–Crippen LogP) is 3.22. The van der Waals surface area contributed by atoms with Crippen molar-refractivity contribution in [3.05, 3.63) is 29.8 Å². The van der Waals surface area contributed by atoms with Gasteiger partial charge in [-0.15, -0.1) is 23.2 Å². The number of alkyl halides is 2. The quantitative estimate of drug-likeness (QED) is 0.671. The zero-order chi connectivity index (χ0) is 15.7. The first-order valence-electron chi connectivity index (χ1n) is 6.39. The van der Waals surface area contributed by atoms with Crippen LogP contribution in [-0.4, -0.2) is 39.7 Å². The molecule has 0 saturated carbocycles. The highest BCUT2D eigenvalue weighted by Gasteiger charge is 2.13. The molecule has 0 heterocycles. The first-order valence-corrected chi connectivity index (χ1v) is 8.51. The minimum atomic E-state index is -0.881.